The zero-order valence-electron chi connectivity index (χ0n) is 14.8. The summed E-state index contributed by atoms with van der Waals surface area (Å²) in [5.74, 6) is 1.10. The number of nitrogens with one attached hydrogen (secondary N) is 2. The van der Waals surface area contributed by atoms with Crippen LogP contribution in [0.5, 0.6) is 5.75 Å². The first kappa shape index (κ1) is 17.2. The van der Waals surface area contributed by atoms with Crippen molar-refractivity contribution in [1.82, 2.24) is 15.8 Å². The fourth-order valence-electron chi connectivity index (χ4n) is 3.89. The maximum Gasteiger partial charge on any atom is 0.241 e. The van der Waals surface area contributed by atoms with Gasteiger partial charge in [0.2, 0.25) is 5.91 Å². The summed E-state index contributed by atoms with van der Waals surface area (Å²) in [6, 6.07) is 8.65. The molecule has 2 N–H and O–H groups in total. The molecule has 0 aromatic heterocycles. The number of rotatable bonds is 5. The number of carbonyl (C=O) groups is 1. The lowest BCUT2D eigenvalue weighted by molar-refractivity contribution is -0.137. The average Bonchev–Trinajstić information content (AvgIpc) is 3.10. The van der Waals surface area contributed by atoms with E-state index in [0.29, 0.717) is 6.04 Å². The summed E-state index contributed by atoms with van der Waals surface area (Å²) in [6.07, 6.45) is 6.44. The molecule has 3 unspecified atom stereocenters. The fraction of sp³-hybridized carbons (Fsp3) is 0.632. The van der Waals surface area contributed by atoms with E-state index in [2.05, 4.69) is 34.8 Å². The van der Waals surface area contributed by atoms with Gasteiger partial charge in [-0.05, 0) is 49.8 Å². The number of hydrazine groups is 1. The number of amides is 1. The Morgan fingerprint density at radius 1 is 1.25 bits per heavy atom. The SMILES string of the molecule is CCCC1CC(C(=O)N2CCCCC2c2ccc(OC)cc2)NN1. The van der Waals surface area contributed by atoms with Crippen LogP contribution in [0.3, 0.4) is 0 Å². The Hall–Kier alpha value is -1.59. The van der Waals surface area contributed by atoms with Crippen molar-refractivity contribution in [1.29, 1.82) is 0 Å². The molecule has 2 aliphatic heterocycles. The van der Waals surface area contributed by atoms with E-state index in [1.165, 1.54) is 12.0 Å². The molecule has 1 amide bonds. The molecule has 2 heterocycles. The molecule has 0 spiro atoms. The van der Waals surface area contributed by atoms with E-state index in [-0.39, 0.29) is 18.0 Å². The van der Waals surface area contributed by atoms with Crippen LogP contribution in [0.15, 0.2) is 24.3 Å². The predicted octanol–water partition coefficient (Wildman–Crippen LogP) is 2.78. The Morgan fingerprint density at radius 2 is 2.04 bits per heavy atom. The molecule has 2 fully saturated rings. The number of piperidine rings is 1. The lowest BCUT2D eigenvalue weighted by Gasteiger charge is -2.37. The number of methoxy groups -OCH3 is 1. The zero-order valence-corrected chi connectivity index (χ0v) is 14.8. The third-order valence-corrected chi connectivity index (χ3v) is 5.20. The zero-order chi connectivity index (χ0) is 16.9. The molecule has 0 aliphatic carbocycles. The minimum absolute atomic E-state index is 0.0969. The highest BCUT2D eigenvalue weighted by Gasteiger charge is 2.36. The number of ether oxygens (including phenoxy) is 1. The molecule has 0 bridgehead atoms. The fourth-order valence-corrected chi connectivity index (χ4v) is 3.89. The van der Waals surface area contributed by atoms with Gasteiger partial charge in [-0.2, -0.15) is 0 Å². The van der Waals surface area contributed by atoms with Crippen molar-refractivity contribution in [2.24, 2.45) is 0 Å². The van der Waals surface area contributed by atoms with Crippen LogP contribution in [0.2, 0.25) is 0 Å². The van der Waals surface area contributed by atoms with Gasteiger partial charge in [-0.1, -0.05) is 25.5 Å². The quantitative estimate of drug-likeness (QED) is 0.871. The van der Waals surface area contributed by atoms with Crippen LogP contribution in [0.25, 0.3) is 0 Å². The largest absolute Gasteiger partial charge is 0.497 e. The highest BCUT2D eigenvalue weighted by Crippen LogP contribution is 2.33. The van der Waals surface area contributed by atoms with Crippen LogP contribution in [-0.2, 0) is 4.79 Å². The van der Waals surface area contributed by atoms with E-state index in [0.717, 1.165) is 44.4 Å². The summed E-state index contributed by atoms with van der Waals surface area (Å²) in [5.41, 5.74) is 7.71. The first-order valence-electron chi connectivity index (χ1n) is 9.18. The first-order valence-corrected chi connectivity index (χ1v) is 9.18. The molecule has 3 atom stereocenters. The van der Waals surface area contributed by atoms with Gasteiger partial charge in [-0.15, -0.1) is 0 Å². The Balaban J connectivity index is 1.70. The lowest BCUT2D eigenvalue weighted by Crippen LogP contribution is -2.48. The topological polar surface area (TPSA) is 53.6 Å². The van der Waals surface area contributed by atoms with Crippen molar-refractivity contribution in [3.05, 3.63) is 29.8 Å². The molecule has 5 heteroatoms. The Kier molecular flexibility index (Phi) is 5.74. The maximum absolute atomic E-state index is 13.1. The van der Waals surface area contributed by atoms with Crippen molar-refractivity contribution in [3.63, 3.8) is 0 Å². The summed E-state index contributed by atoms with van der Waals surface area (Å²) in [6.45, 7) is 3.04. The molecule has 2 saturated heterocycles. The third kappa shape index (κ3) is 3.73. The molecule has 132 valence electrons. The van der Waals surface area contributed by atoms with Gasteiger partial charge < -0.3 is 9.64 Å². The minimum Gasteiger partial charge on any atom is -0.497 e. The van der Waals surface area contributed by atoms with E-state index in [9.17, 15) is 4.79 Å². The molecular weight excluding hydrogens is 302 g/mol. The summed E-state index contributed by atoms with van der Waals surface area (Å²) in [4.78, 5) is 15.1. The lowest BCUT2D eigenvalue weighted by atomic mass is 9.94. The second kappa shape index (κ2) is 7.99. The van der Waals surface area contributed by atoms with Crippen LogP contribution >= 0.6 is 0 Å². The summed E-state index contributed by atoms with van der Waals surface area (Å²) in [7, 11) is 1.68. The molecule has 3 rings (SSSR count). The van der Waals surface area contributed by atoms with Gasteiger partial charge in [0.25, 0.3) is 0 Å². The van der Waals surface area contributed by atoms with Crippen LogP contribution in [0.4, 0.5) is 0 Å². The summed E-state index contributed by atoms with van der Waals surface area (Å²) < 4.78 is 5.25. The van der Waals surface area contributed by atoms with E-state index >= 15 is 0 Å². The molecule has 2 aliphatic rings. The second-order valence-corrected chi connectivity index (χ2v) is 6.88. The molecule has 0 saturated carbocycles. The second-order valence-electron chi connectivity index (χ2n) is 6.88. The van der Waals surface area contributed by atoms with E-state index < -0.39 is 0 Å². The molecule has 0 radical (unpaired) electrons. The Labute approximate surface area is 144 Å². The van der Waals surface area contributed by atoms with Crippen LogP contribution in [0.1, 0.15) is 57.1 Å². The molecule has 1 aromatic carbocycles. The van der Waals surface area contributed by atoms with Crippen LogP contribution in [-0.4, -0.2) is 36.5 Å². The minimum atomic E-state index is -0.0969. The van der Waals surface area contributed by atoms with E-state index in [4.69, 9.17) is 4.74 Å². The van der Waals surface area contributed by atoms with Crippen molar-refractivity contribution >= 4 is 5.91 Å². The molecule has 24 heavy (non-hydrogen) atoms. The van der Waals surface area contributed by atoms with Gasteiger partial charge in [0.1, 0.15) is 11.8 Å². The summed E-state index contributed by atoms with van der Waals surface area (Å²) >= 11 is 0. The molecular formula is C19H29N3O2. The Bertz CT molecular complexity index is 546. The smallest absolute Gasteiger partial charge is 0.241 e. The summed E-state index contributed by atoms with van der Waals surface area (Å²) in [5, 5.41) is 0. The average molecular weight is 331 g/mol. The van der Waals surface area contributed by atoms with Gasteiger partial charge in [-0.3, -0.25) is 10.2 Å². The number of hydrogen-bond acceptors (Lipinski definition) is 4. The van der Waals surface area contributed by atoms with E-state index in [1.807, 2.05) is 12.1 Å². The van der Waals surface area contributed by atoms with Gasteiger partial charge in [0.15, 0.2) is 0 Å². The molecule has 1 aromatic rings. The van der Waals surface area contributed by atoms with E-state index in [1.54, 1.807) is 7.11 Å². The number of carbonyl (C=O) groups excluding carboxylic acids is 1. The first-order chi connectivity index (χ1) is 11.7. The van der Waals surface area contributed by atoms with Gasteiger partial charge in [0, 0.05) is 12.6 Å². The number of benzene rings is 1. The van der Waals surface area contributed by atoms with Crippen molar-refractivity contribution < 1.29 is 9.53 Å². The third-order valence-electron chi connectivity index (χ3n) is 5.20. The standard InChI is InChI=1S/C19H29N3O2/c1-3-6-15-13-17(21-20-15)19(23)22-12-5-4-7-18(22)14-8-10-16(24-2)11-9-14/h8-11,15,17-18,20-21H,3-7,12-13H2,1-2H3. The van der Waals surface area contributed by atoms with Crippen LogP contribution in [0, 0.1) is 0 Å². The van der Waals surface area contributed by atoms with Gasteiger partial charge in [0.05, 0.1) is 13.2 Å². The van der Waals surface area contributed by atoms with Gasteiger partial charge >= 0.3 is 0 Å². The number of likely N-dealkylation sites (tertiary alicyclic amines) is 1. The normalized spacial score (nSPS) is 27.2. The highest BCUT2D eigenvalue weighted by atomic mass is 16.5. The van der Waals surface area contributed by atoms with Gasteiger partial charge in [-0.25, -0.2) is 5.43 Å². The molecule has 5 nitrogen and oxygen atoms in total. The van der Waals surface area contributed by atoms with Crippen molar-refractivity contribution in [3.8, 4) is 5.75 Å². The number of hydrogen-bond donors (Lipinski definition) is 2. The maximum atomic E-state index is 13.1. The predicted molar refractivity (Wildman–Crippen MR) is 94.7 cm³/mol. The van der Waals surface area contributed by atoms with Crippen molar-refractivity contribution in [2.45, 2.75) is 63.6 Å². The Morgan fingerprint density at radius 3 is 2.75 bits per heavy atom. The number of nitrogens with zero attached hydrogens (tertiary/aromatic N) is 1. The van der Waals surface area contributed by atoms with Crippen LogP contribution < -0.4 is 15.6 Å². The van der Waals surface area contributed by atoms with Crippen molar-refractivity contribution in [2.75, 3.05) is 13.7 Å². The highest BCUT2D eigenvalue weighted by molar-refractivity contribution is 5.82. The monoisotopic (exact) mass is 331 g/mol.